The van der Waals surface area contributed by atoms with Crippen LogP contribution in [0, 0.1) is 0 Å². The highest BCUT2D eigenvalue weighted by molar-refractivity contribution is 6.42. The number of halogens is 2. The molecule has 2 amide bonds. The molecule has 33 heavy (non-hydrogen) atoms. The van der Waals surface area contributed by atoms with E-state index in [1.54, 1.807) is 41.3 Å². The van der Waals surface area contributed by atoms with Crippen molar-refractivity contribution in [3.63, 3.8) is 0 Å². The molecule has 1 aliphatic rings. The number of nitrogens with zero attached hydrogens (tertiary/aromatic N) is 2. The molecule has 0 spiro atoms. The summed E-state index contributed by atoms with van der Waals surface area (Å²) in [6.07, 6.45) is 0.272. The molecule has 8 nitrogen and oxygen atoms in total. The van der Waals surface area contributed by atoms with Gasteiger partial charge in [0.25, 0.3) is 17.4 Å². The summed E-state index contributed by atoms with van der Waals surface area (Å²) in [7, 11) is 1.52. The molecule has 0 bridgehead atoms. The van der Waals surface area contributed by atoms with Gasteiger partial charge in [0.1, 0.15) is 0 Å². The molecule has 0 fully saturated rings. The van der Waals surface area contributed by atoms with Crippen LogP contribution in [-0.2, 0) is 13.0 Å². The van der Waals surface area contributed by atoms with Crippen LogP contribution >= 0.6 is 23.2 Å². The second-order valence-electron chi connectivity index (χ2n) is 7.77. The largest absolute Gasteiger partial charge is 0.355 e. The third-order valence-corrected chi connectivity index (χ3v) is 6.43. The van der Waals surface area contributed by atoms with Crippen molar-refractivity contribution in [2.45, 2.75) is 25.9 Å². The summed E-state index contributed by atoms with van der Waals surface area (Å²) in [5, 5.41) is 3.13. The molecular formula is C23H20Cl2N4O4. The molecule has 2 aromatic carbocycles. The molecule has 0 saturated heterocycles. The van der Waals surface area contributed by atoms with E-state index in [2.05, 4.69) is 10.3 Å². The van der Waals surface area contributed by atoms with Gasteiger partial charge in [-0.25, -0.2) is 9.36 Å². The second kappa shape index (κ2) is 8.88. The van der Waals surface area contributed by atoms with Crippen molar-refractivity contribution in [1.82, 2.24) is 19.8 Å². The van der Waals surface area contributed by atoms with Gasteiger partial charge in [-0.3, -0.25) is 14.4 Å². The fourth-order valence-corrected chi connectivity index (χ4v) is 4.20. The molecule has 1 aliphatic heterocycles. The van der Waals surface area contributed by atoms with Crippen molar-refractivity contribution in [3.05, 3.63) is 95.7 Å². The number of fused-ring (bicyclic) bond motifs is 1. The molecule has 1 aromatic heterocycles. The number of aromatic amines is 1. The number of amides is 2. The Bertz CT molecular complexity index is 1380. The number of benzene rings is 2. The monoisotopic (exact) mass is 486 g/mol. The lowest BCUT2D eigenvalue weighted by Gasteiger charge is -2.34. The van der Waals surface area contributed by atoms with Crippen LogP contribution in [0.3, 0.4) is 0 Å². The summed E-state index contributed by atoms with van der Waals surface area (Å²) in [6, 6.07) is 10.5. The second-order valence-corrected chi connectivity index (χ2v) is 8.58. The first kappa shape index (κ1) is 22.8. The highest BCUT2D eigenvalue weighted by Gasteiger charge is 2.31. The van der Waals surface area contributed by atoms with Gasteiger partial charge < -0.3 is 15.2 Å². The third-order valence-electron chi connectivity index (χ3n) is 5.69. The van der Waals surface area contributed by atoms with Gasteiger partial charge in [-0.2, -0.15) is 0 Å². The van der Waals surface area contributed by atoms with Crippen LogP contribution < -0.4 is 16.6 Å². The van der Waals surface area contributed by atoms with E-state index in [1.807, 2.05) is 6.92 Å². The maximum Gasteiger partial charge on any atom is 0.333 e. The fourth-order valence-electron chi connectivity index (χ4n) is 3.90. The Morgan fingerprint density at radius 1 is 1.03 bits per heavy atom. The minimum atomic E-state index is -0.622. The summed E-state index contributed by atoms with van der Waals surface area (Å²) in [5.41, 5.74) is 0.891. The summed E-state index contributed by atoms with van der Waals surface area (Å²) >= 11 is 12.0. The Labute approximate surface area is 198 Å². The van der Waals surface area contributed by atoms with Gasteiger partial charge in [-0.05, 0) is 55.8 Å². The Morgan fingerprint density at radius 2 is 1.70 bits per heavy atom. The molecular weight excluding hydrogens is 467 g/mol. The van der Waals surface area contributed by atoms with Crippen LogP contribution in [0.15, 0.2) is 52.1 Å². The minimum absolute atomic E-state index is 0.0799. The average molecular weight is 487 g/mol. The number of H-pyrrole nitrogens is 1. The van der Waals surface area contributed by atoms with E-state index in [0.29, 0.717) is 33.1 Å². The molecule has 0 saturated carbocycles. The zero-order valence-electron chi connectivity index (χ0n) is 17.8. The van der Waals surface area contributed by atoms with Gasteiger partial charge in [-0.1, -0.05) is 23.2 Å². The molecule has 10 heteroatoms. The van der Waals surface area contributed by atoms with Crippen molar-refractivity contribution >= 4 is 35.0 Å². The quantitative estimate of drug-likeness (QED) is 0.593. The number of hydrogen-bond acceptors (Lipinski definition) is 4. The van der Waals surface area contributed by atoms with Crippen LogP contribution in [0.2, 0.25) is 10.0 Å². The third kappa shape index (κ3) is 4.19. The topological polar surface area (TPSA) is 104 Å². The molecule has 4 rings (SSSR count). The summed E-state index contributed by atoms with van der Waals surface area (Å²) < 4.78 is 1.04. The van der Waals surface area contributed by atoms with E-state index in [4.69, 9.17) is 23.2 Å². The van der Waals surface area contributed by atoms with Crippen molar-refractivity contribution in [2.75, 3.05) is 7.05 Å². The first-order valence-corrected chi connectivity index (χ1v) is 10.9. The molecule has 1 atom stereocenters. The highest BCUT2D eigenvalue weighted by atomic mass is 35.5. The van der Waals surface area contributed by atoms with Crippen LogP contribution in [0.5, 0.6) is 0 Å². The van der Waals surface area contributed by atoms with Gasteiger partial charge >= 0.3 is 5.69 Å². The van der Waals surface area contributed by atoms with Gasteiger partial charge in [0.15, 0.2) is 0 Å². The molecule has 170 valence electrons. The van der Waals surface area contributed by atoms with Gasteiger partial charge in [-0.15, -0.1) is 0 Å². The first-order valence-electron chi connectivity index (χ1n) is 10.2. The van der Waals surface area contributed by atoms with E-state index in [9.17, 15) is 19.2 Å². The lowest BCUT2D eigenvalue weighted by Crippen LogP contribution is -2.48. The van der Waals surface area contributed by atoms with E-state index in [-0.39, 0.29) is 35.8 Å². The van der Waals surface area contributed by atoms with E-state index in [0.717, 1.165) is 4.57 Å². The summed E-state index contributed by atoms with van der Waals surface area (Å²) in [4.78, 5) is 55.2. The normalized spacial score (nSPS) is 15.2. The number of nitrogens with one attached hydrogen (secondary N) is 2. The zero-order valence-corrected chi connectivity index (χ0v) is 19.3. The van der Waals surface area contributed by atoms with Crippen molar-refractivity contribution in [3.8, 4) is 5.69 Å². The van der Waals surface area contributed by atoms with Crippen molar-refractivity contribution in [2.24, 2.45) is 0 Å². The zero-order chi connectivity index (χ0) is 23.9. The molecule has 2 heterocycles. The van der Waals surface area contributed by atoms with Crippen LogP contribution in [0.25, 0.3) is 5.69 Å². The molecule has 0 radical (unpaired) electrons. The molecule has 0 unspecified atom stereocenters. The van der Waals surface area contributed by atoms with E-state index < -0.39 is 11.2 Å². The SMILES string of the molecule is CNC(=O)c1ccc(-n2c(=O)[nH]c3c(c2=O)C[C@@H](C)N(C(=O)c2ccc(Cl)c(Cl)c2)C3)cc1. The molecule has 0 aliphatic carbocycles. The Kier molecular flexibility index (Phi) is 6.14. The summed E-state index contributed by atoms with van der Waals surface area (Å²) in [6.45, 7) is 1.92. The Balaban J connectivity index is 1.69. The standard InChI is InChI=1S/C23H20Cl2N4O4/c1-12-9-16-19(11-28(12)21(31)14-5-8-17(24)18(25)10-14)27-23(33)29(22(16)32)15-6-3-13(4-7-15)20(30)26-2/h3-8,10,12H,9,11H2,1-2H3,(H,26,30)(H,27,33)/t12-/m1/s1. The van der Waals surface area contributed by atoms with E-state index in [1.165, 1.54) is 13.1 Å². The van der Waals surface area contributed by atoms with Crippen LogP contribution in [0.4, 0.5) is 0 Å². The van der Waals surface area contributed by atoms with Crippen LogP contribution in [-0.4, -0.2) is 39.4 Å². The first-order chi connectivity index (χ1) is 15.7. The minimum Gasteiger partial charge on any atom is -0.355 e. The maximum atomic E-state index is 13.2. The Morgan fingerprint density at radius 3 is 2.33 bits per heavy atom. The number of aromatic nitrogens is 2. The predicted octanol–water partition coefficient (Wildman–Crippen LogP) is 2.78. The van der Waals surface area contributed by atoms with Gasteiger partial charge in [0.05, 0.1) is 22.3 Å². The van der Waals surface area contributed by atoms with E-state index >= 15 is 0 Å². The smallest absolute Gasteiger partial charge is 0.333 e. The Hall–Kier alpha value is -3.36. The number of hydrogen-bond donors (Lipinski definition) is 2. The highest BCUT2D eigenvalue weighted by Crippen LogP contribution is 2.26. The molecule has 3 aromatic rings. The summed E-state index contributed by atoms with van der Waals surface area (Å²) in [5.74, 6) is -0.546. The number of rotatable bonds is 3. The van der Waals surface area contributed by atoms with Crippen molar-refractivity contribution in [1.29, 1.82) is 0 Å². The fraction of sp³-hybridized carbons (Fsp3) is 0.217. The maximum absolute atomic E-state index is 13.2. The number of carbonyl (C=O) groups excluding carboxylic acids is 2. The number of carbonyl (C=O) groups is 2. The lowest BCUT2D eigenvalue weighted by molar-refractivity contribution is 0.0652. The average Bonchev–Trinajstić information content (AvgIpc) is 2.80. The lowest BCUT2D eigenvalue weighted by atomic mass is 9.98. The predicted molar refractivity (Wildman–Crippen MR) is 126 cm³/mol. The van der Waals surface area contributed by atoms with Gasteiger partial charge in [0.2, 0.25) is 0 Å². The molecule has 2 N–H and O–H groups in total. The van der Waals surface area contributed by atoms with Gasteiger partial charge in [0, 0.05) is 35.5 Å². The van der Waals surface area contributed by atoms with Crippen LogP contribution in [0.1, 0.15) is 38.9 Å². The van der Waals surface area contributed by atoms with Crippen molar-refractivity contribution < 1.29 is 9.59 Å².